The highest BCUT2D eigenvalue weighted by atomic mass is 16.5. The van der Waals surface area contributed by atoms with Crippen molar-refractivity contribution in [1.29, 1.82) is 0 Å². The monoisotopic (exact) mass is 237 g/mol. The van der Waals surface area contributed by atoms with Crippen LogP contribution in [0, 0.1) is 6.92 Å². The third-order valence-electron chi connectivity index (χ3n) is 2.79. The largest absolute Gasteiger partial charge is 0.382 e. The number of aryl methyl sites for hydroxylation is 1. The molecule has 6 nitrogen and oxygen atoms in total. The lowest BCUT2D eigenvalue weighted by atomic mass is 10.2. The summed E-state index contributed by atoms with van der Waals surface area (Å²) >= 11 is 0. The Bertz CT molecular complexity index is 389. The van der Waals surface area contributed by atoms with Crippen LogP contribution in [0.4, 0.5) is 17.3 Å². The van der Waals surface area contributed by atoms with Crippen molar-refractivity contribution in [1.82, 2.24) is 9.97 Å². The van der Waals surface area contributed by atoms with Crippen molar-refractivity contribution in [2.24, 2.45) is 0 Å². The summed E-state index contributed by atoms with van der Waals surface area (Å²) in [7, 11) is 0. The number of nitrogen functional groups attached to an aromatic ring is 2. The van der Waals surface area contributed by atoms with Crippen molar-refractivity contribution >= 4 is 17.3 Å². The highest BCUT2D eigenvalue weighted by Gasteiger charge is 2.26. The Morgan fingerprint density at radius 1 is 1.12 bits per heavy atom. The van der Waals surface area contributed by atoms with Crippen molar-refractivity contribution in [2.75, 3.05) is 29.5 Å². The first-order valence-electron chi connectivity index (χ1n) is 5.77. The van der Waals surface area contributed by atoms with Crippen molar-refractivity contribution < 1.29 is 4.74 Å². The van der Waals surface area contributed by atoms with Gasteiger partial charge in [0.15, 0.2) is 11.6 Å². The van der Waals surface area contributed by atoms with Gasteiger partial charge in [0.25, 0.3) is 0 Å². The smallest absolute Gasteiger partial charge is 0.153 e. The number of ether oxygens (including phenoxy) is 1. The normalized spacial score (nSPS) is 25.0. The molecule has 1 aromatic rings. The van der Waals surface area contributed by atoms with Crippen LogP contribution in [0.15, 0.2) is 0 Å². The molecule has 17 heavy (non-hydrogen) atoms. The fourth-order valence-corrected chi connectivity index (χ4v) is 2.30. The molecule has 1 fully saturated rings. The van der Waals surface area contributed by atoms with E-state index in [-0.39, 0.29) is 12.2 Å². The van der Waals surface area contributed by atoms with Crippen molar-refractivity contribution in [3.63, 3.8) is 0 Å². The van der Waals surface area contributed by atoms with Gasteiger partial charge in [-0.3, -0.25) is 0 Å². The Morgan fingerprint density at radius 2 is 1.59 bits per heavy atom. The van der Waals surface area contributed by atoms with Gasteiger partial charge in [-0.25, -0.2) is 9.97 Å². The molecule has 4 N–H and O–H groups in total. The van der Waals surface area contributed by atoms with Gasteiger partial charge in [0.2, 0.25) is 0 Å². The van der Waals surface area contributed by atoms with E-state index in [1.165, 1.54) is 0 Å². The van der Waals surface area contributed by atoms with Gasteiger partial charge in [-0.1, -0.05) is 0 Å². The van der Waals surface area contributed by atoms with Crippen LogP contribution in [0.1, 0.15) is 19.7 Å². The van der Waals surface area contributed by atoms with Gasteiger partial charge < -0.3 is 21.1 Å². The minimum Gasteiger partial charge on any atom is -0.382 e. The van der Waals surface area contributed by atoms with Crippen LogP contribution in [0.2, 0.25) is 0 Å². The minimum absolute atomic E-state index is 0.152. The van der Waals surface area contributed by atoms with E-state index in [0.29, 0.717) is 17.5 Å². The van der Waals surface area contributed by atoms with Gasteiger partial charge in [0.1, 0.15) is 11.5 Å². The quantitative estimate of drug-likeness (QED) is 0.742. The van der Waals surface area contributed by atoms with E-state index in [2.05, 4.69) is 14.9 Å². The zero-order valence-corrected chi connectivity index (χ0v) is 10.5. The van der Waals surface area contributed by atoms with Gasteiger partial charge in [-0.2, -0.15) is 0 Å². The van der Waals surface area contributed by atoms with Gasteiger partial charge >= 0.3 is 0 Å². The van der Waals surface area contributed by atoms with Gasteiger partial charge in [0, 0.05) is 13.1 Å². The van der Waals surface area contributed by atoms with Crippen LogP contribution < -0.4 is 16.4 Å². The highest BCUT2D eigenvalue weighted by Crippen LogP contribution is 2.29. The lowest BCUT2D eigenvalue weighted by molar-refractivity contribution is -0.00515. The lowest BCUT2D eigenvalue weighted by Crippen LogP contribution is -2.46. The molecule has 1 aliphatic heterocycles. The fraction of sp³-hybridized carbons (Fsp3) is 0.636. The van der Waals surface area contributed by atoms with Crippen LogP contribution in [0.3, 0.4) is 0 Å². The first kappa shape index (κ1) is 11.9. The summed E-state index contributed by atoms with van der Waals surface area (Å²) in [4.78, 5) is 10.4. The average Bonchev–Trinajstić information content (AvgIpc) is 2.13. The maximum atomic E-state index is 5.93. The Hall–Kier alpha value is -1.56. The number of anilines is 3. The Balaban J connectivity index is 2.33. The third kappa shape index (κ3) is 2.41. The zero-order chi connectivity index (χ0) is 12.6. The predicted molar refractivity (Wildman–Crippen MR) is 67.8 cm³/mol. The summed E-state index contributed by atoms with van der Waals surface area (Å²) in [6, 6.07) is 0. The number of hydrogen-bond acceptors (Lipinski definition) is 6. The molecule has 1 saturated heterocycles. The molecule has 1 aliphatic rings. The van der Waals surface area contributed by atoms with Crippen LogP contribution in [0.5, 0.6) is 0 Å². The highest BCUT2D eigenvalue weighted by molar-refractivity contribution is 5.75. The number of aromatic nitrogens is 2. The number of hydrogen-bond donors (Lipinski definition) is 2. The van der Waals surface area contributed by atoms with Crippen molar-refractivity contribution in [3.8, 4) is 0 Å². The molecule has 94 valence electrons. The van der Waals surface area contributed by atoms with Crippen LogP contribution in [0.25, 0.3) is 0 Å². The van der Waals surface area contributed by atoms with E-state index in [1.54, 1.807) is 6.92 Å². The van der Waals surface area contributed by atoms with E-state index in [9.17, 15) is 0 Å². The maximum absolute atomic E-state index is 5.93. The second-order valence-electron chi connectivity index (χ2n) is 4.55. The number of rotatable bonds is 1. The number of nitrogens with two attached hydrogens (primary N) is 2. The second kappa shape index (κ2) is 4.37. The van der Waals surface area contributed by atoms with E-state index >= 15 is 0 Å². The molecule has 6 heteroatoms. The molecule has 0 amide bonds. The summed E-state index contributed by atoms with van der Waals surface area (Å²) in [6.07, 6.45) is 0.303. The lowest BCUT2D eigenvalue weighted by Gasteiger charge is -2.37. The molecule has 0 bridgehead atoms. The zero-order valence-electron chi connectivity index (χ0n) is 10.5. The molecule has 0 aliphatic carbocycles. The maximum Gasteiger partial charge on any atom is 0.153 e. The van der Waals surface area contributed by atoms with Gasteiger partial charge in [0.05, 0.1) is 12.2 Å². The first-order valence-corrected chi connectivity index (χ1v) is 5.77. The molecule has 0 saturated carbocycles. The number of nitrogens with zero attached hydrogens (tertiary/aromatic N) is 3. The Kier molecular flexibility index (Phi) is 3.06. The molecule has 2 rings (SSSR count). The topological polar surface area (TPSA) is 90.3 Å². The molecule has 0 aromatic carbocycles. The molecule has 2 heterocycles. The van der Waals surface area contributed by atoms with Crippen LogP contribution in [-0.4, -0.2) is 35.3 Å². The molecular weight excluding hydrogens is 218 g/mol. The third-order valence-corrected chi connectivity index (χ3v) is 2.79. The molecule has 0 spiro atoms. The van der Waals surface area contributed by atoms with E-state index in [0.717, 1.165) is 18.8 Å². The summed E-state index contributed by atoms with van der Waals surface area (Å²) in [5.41, 5.74) is 12.6. The minimum atomic E-state index is 0.152. The van der Waals surface area contributed by atoms with Gasteiger partial charge in [-0.15, -0.1) is 0 Å². The van der Waals surface area contributed by atoms with Crippen LogP contribution in [-0.2, 0) is 4.74 Å². The van der Waals surface area contributed by atoms with E-state index < -0.39 is 0 Å². The van der Waals surface area contributed by atoms with Crippen LogP contribution >= 0.6 is 0 Å². The summed E-state index contributed by atoms with van der Waals surface area (Å²) in [5, 5.41) is 0. The fourth-order valence-electron chi connectivity index (χ4n) is 2.30. The summed E-state index contributed by atoms with van der Waals surface area (Å²) < 4.78 is 5.68. The van der Waals surface area contributed by atoms with Crippen molar-refractivity contribution in [2.45, 2.75) is 33.0 Å². The van der Waals surface area contributed by atoms with E-state index in [4.69, 9.17) is 16.2 Å². The molecule has 0 radical (unpaired) electrons. The van der Waals surface area contributed by atoms with Crippen molar-refractivity contribution in [3.05, 3.63) is 5.82 Å². The first-order chi connectivity index (χ1) is 7.97. The molecule has 1 aromatic heterocycles. The molecule has 2 atom stereocenters. The average molecular weight is 237 g/mol. The van der Waals surface area contributed by atoms with Gasteiger partial charge in [-0.05, 0) is 20.8 Å². The SMILES string of the molecule is Cc1nc(N)c(N2CC(C)OC(C)C2)c(N)n1. The summed E-state index contributed by atoms with van der Waals surface area (Å²) in [6.45, 7) is 7.35. The second-order valence-corrected chi connectivity index (χ2v) is 4.55. The summed E-state index contributed by atoms with van der Waals surface area (Å²) in [5.74, 6) is 1.48. The molecular formula is C11H19N5O. The Morgan fingerprint density at radius 3 is 2.06 bits per heavy atom. The van der Waals surface area contributed by atoms with E-state index in [1.807, 2.05) is 13.8 Å². The number of morpholine rings is 1. The predicted octanol–water partition coefficient (Wildman–Crippen LogP) is 0.563. The standard InChI is InChI=1S/C11H19N5O/c1-6-4-16(5-7(2)17-6)9-10(12)14-8(3)15-11(9)13/h6-7H,4-5H2,1-3H3,(H4,12,13,14,15). The Labute approximate surface area is 101 Å². The molecule has 2 unspecified atom stereocenters.